The van der Waals surface area contributed by atoms with Gasteiger partial charge in [0, 0.05) is 17.9 Å². The van der Waals surface area contributed by atoms with Crippen LogP contribution in [0.5, 0.6) is 0 Å². The minimum Gasteiger partial charge on any atom is -0.326 e. The van der Waals surface area contributed by atoms with Crippen molar-refractivity contribution in [1.29, 1.82) is 0 Å². The van der Waals surface area contributed by atoms with E-state index >= 15 is 0 Å². The summed E-state index contributed by atoms with van der Waals surface area (Å²) in [7, 11) is 0. The van der Waals surface area contributed by atoms with E-state index in [4.69, 9.17) is 0 Å². The fourth-order valence-corrected chi connectivity index (χ4v) is 4.26. The molecule has 9 heteroatoms. The zero-order chi connectivity index (χ0) is 22.0. The molecule has 2 heterocycles. The van der Waals surface area contributed by atoms with Crippen molar-refractivity contribution in [3.63, 3.8) is 0 Å². The maximum absolute atomic E-state index is 13.1. The second-order valence-electron chi connectivity index (χ2n) is 7.15. The third-order valence-electron chi connectivity index (χ3n) is 4.98. The van der Waals surface area contributed by atoms with E-state index < -0.39 is 29.1 Å². The number of nitrogens with one attached hydrogen (secondary N) is 3. The lowest BCUT2D eigenvalue weighted by molar-refractivity contribution is -0.123. The Morgan fingerprint density at radius 2 is 1.94 bits per heavy atom. The van der Waals surface area contributed by atoms with E-state index in [0.717, 1.165) is 11.1 Å². The van der Waals surface area contributed by atoms with E-state index in [9.17, 15) is 18.8 Å². The quantitative estimate of drug-likeness (QED) is 0.417. The Morgan fingerprint density at radius 1 is 1.19 bits per heavy atom. The number of rotatable bonds is 5. The number of nitrogens with zero attached hydrogens (tertiary/aromatic N) is 1. The summed E-state index contributed by atoms with van der Waals surface area (Å²) >= 11 is 1.34. The molecule has 0 aliphatic carbocycles. The molecule has 2 aromatic carbocycles. The van der Waals surface area contributed by atoms with Crippen molar-refractivity contribution in [3.05, 3.63) is 81.4 Å². The highest BCUT2D eigenvalue weighted by Crippen LogP contribution is 2.31. The van der Waals surface area contributed by atoms with Crippen LogP contribution in [0.3, 0.4) is 0 Å². The van der Waals surface area contributed by atoms with Crippen LogP contribution in [0.2, 0.25) is 0 Å². The monoisotopic (exact) mass is 438 g/mol. The Kier molecular flexibility index (Phi) is 5.85. The van der Waals surface area contributed by atoms with Crippen LogP contribution in [0.15, 0.2) is 58.5 Å². The number of aromatic amines is 1. The Hall–Kier alpha value is -3.46. The number of carbonyl (C=O) groups is 2. The molecular weight excluding hydrogens is 419 g/mol. The van der Waals surface area contributed by atoms with Gasteiger partial charge in [0.05, 0.1) is 11.5 Å². The fraction of sp³-hybridized carbons (Fsp3) is 0.182. The Bertz CT molecular complexity index is 1210. The van der Waals surface area contributed by atoms with E-state index in [1.54, 1.807) is 0 Å². The number of amides is 2. The van der Waals surface area contributed by atoms with Gasteiger partial charge in [-0.1, -0.05) is 36.0 Å². The van der Waals surface area contributed by atoms with Crippen molar-refractivity contribution >= 4 is 35.1 Å². The molecule has 3 N–H and O–H groups in total. The SMILES string of the molecule is Cc1ccccc1CSc1nc2c(c(=O)[nH]1)[C@@H](C(=O)Nc1ccc(F)cc1)CC(=O)N2. The van der Waals surface area contributed by atoms with Gasteiger partial charge >= 0.3 is 0 Å². The van der Waals surface area contributed by atoms with Crippen molar-refractivity contribution in [2.45, 2.75) is 30.2 Å². The van der Waals surface area contributed by atoms with E-state index in [-0.39, 0.29) is 17.8 Å². The molecule has 158 valence electrons. The van der Waals surface area contributed by atoms with Gasteiger partial charge in [0.15, 0.2) is 5.16 Å². The molecule has 0 fully saturated rings. The molecule has 31 heavy (non-hydrogen) atoms. The highest BCUT2D eigenvalue weighted by Gasteiger charge is 2.34. The van der Waals surface area contributed by atoms with Crippen LogP contribution in [0.1, 0.15) is 29.0 Å². The summed E-state index contributed by atoms with van der Waals surface area (Å²) in [5.41, 5.74) is 2.24. The highest BCUT2D eigenvalue weighted by molar-refractivity contribution is 7.98. The van der Waals surface area contributed by atoms with Gasteiger partial charge in [-0.25, -0.2) is 9.37 Å². The Morgan fingerprint density at radius 3 is 2.68 bits per heavy atom. The molecule has 0 radical (unpaired) electrons. The summed E-state index contributed by atoms with van der Waals surface area (Å²) in [6, 6.07) is 13.1. The molecule has 1 aromatic heterocycles. The molecule has 0 bridgehead atoms. The normalized spacial score (nSPS) is 15.2. The minimum atomic E-state index is -1.000. The van der Waals surface area contributed by atoms with Crippen LogP contribution in [-0.2, 0) is 15.3 Å². The number of aromatic nitrogens is 2. The van der Waals surface area contributed by atoms with Gasteiger partial charge in [-0.05, 0) is 42.3 Å². The summed E-state index contributed by atoms with van der Waals surface area (Å²) in [5, 5.41) is 5.57. The van der Waals surface area contributed by atoms with Gasteiger partial charge in [0.25, 0.3) is 5.56 Å². The molecule has 0 saturated heterocycles. The van der Waals surface area contributed by atoms with Gasteiger partial charge in [0.2, 0.25) is 11.8 Å². The summed E-state index contributed by atoms with van der Waals surface area (Å²) in [6.07, 6.45) is -0.180. The first kappa shape index (κ1) is 20.8. The first-order valence-corrected chi connectivity index (χ1v) is 10.6. The number of anilines is 2. The molecule has 1 atom stereocenters. The average molecular weight is 438 g/mol. The second kappa shape index (κ2) is 8.73. The summed E-state index contributed by atoms with van der Waals surface area (Å²) in [6.45, 7) is 2.00. The predicted octanol–water partition coefficient (Wildman–Crippen LogP) is 3.57. The smallest absolute Gasteiger partial charge is 0.257 e. The number of thioether (sulfide) groups is 1. The third kappa shape index (κ3) is 4.66. The van der Waals surface area contributed by atoms with E-state index in [0.29, 0.717) is 16.6 Å². The largest absolute Gasteiger partial charge is 0.326 e. The number of H-pyrrole nitrogens is 1. The summed E-state index contributed by atoms with van der Waals surface area (Å²) < 4.78 is 13.1. The fourth-order valence-electron chi connectivity index (χ4n) is 3.32. The van der Waals surface area contributed by atoms with Crippen LogP contribution in [-0.4, -0.2) is 21.8 Å². The minimum absolute atomic E-state index is 0.0894. The molecule has 0 unspecified atom stereocenters. The first-order chi connectivity index (χ1) is 14.9. The number of fused-ring (bicyclic) bond motifs is 1. The number of aryl methyl sites for hydroxylation is 1. The summed E-state index contributed by atoms with van der Waals surface area (Å²) in [5.74, 6) is -1.68. The molecule has 0 saturated carbocycles. The number of halogens is 1. The second-order valence-corrected chi connectivity index (χ2v) is 8.11. The molecule has 7 nitrogen and oxygen atoms in total. The van der Waals surface area contributed by atoms with Crippen LogP contribution in [0.4, 0.5) is 15.9 Å². The topological polar surface area (TPSA) is 104 Å². The summed E-state index contributed by atoms with van der Waals surface area (Å²) in [4.78, 5) is 44.8. The third-order valence-corrected chi connectivity index (χ3v) is 5.91. The van der Waals surface area contributed by atoms with Crippen LogP contribution < -0.4 is 16.2 Å². The zero-order valence-electron chi connectivity index (χ0n) is 16.6. The first-order valence-electron chi connectivity index (χ1n) is 9.58. The number of hydrogen-bond acceptors (Lipinski definition) is 5. The van der Waals surface area contributed by atoms with Gasteiger partial charge in [-0.3, -0.25) is 14.4 Å². The molecule has 4 rings (SSSR count). The molecule has 1 aliphatic heterocycles. The van der Waals surface area contributed by atoms with Gasteiger partial charge in [0.1, 0.15) is 11.6 Å². The maximum Gasteiger partial charge on any atom is 0.257 e. The van der Waals surface area contributed by atoms with E-state index in [1.807, 2.05) is 31.2 Å². The van der Waals surface area contributed by atoms with E-state index in [1.165, 1.54) is 36.0 Å². The van der Waals surface area contributed by atoms with Crippen LogP contribution >= 0.6 is 11.8 Å². The van der Waals surface area contributed by atoms with Crippen molar-refractivity contribution in [2.24, 2.45) is 0 Å². The number of carbonyl (C=O) groups excluding carboxylic acids is 2. The zero-order valence-corrected chi connectivity index (χ0v) is 17.4. The lowest BCUT2D eigenvalue weighted by Crippen LogP contribution is -2.36. The molecule has 3 aromatic rings. The van der Waals surface area contributed by atoms with Crippen molar-refractivity contribution in [3.8, 4) is 0 Å². The highest BCUT2D eigenvalue weighted by atomic mass is 32.2. The van der Waals surface area contributed by atoms with Crippen molar-refractivity contribution in [1.82, 2.24) is 9.97 Å². The molecule has 2 amide bonds. The lowest BCUT2D eigenvalue weighted by atomic mass is 9.92. The van der Waals surface area contributed by atoms with E-state index in [2.05, 4.69) is 20.6 Å². The van der Waals surface area contributed by atoms with Gasteiger partial charge in [-0.2, -0.15) is 0 Å². The molecule has 0 spiro atoms. The van der Waals surface area contributed by atoms with Crippen molar-refractivity contribution < 1.29 is 14.0 Å². The standard InChI is InChI=1S/C22H19FN4O3S/c1-12-4-2-3-5-13(12)11-31-22-26-19-18(21(30)27-22)16(10-17(28)25-19)20(29)24-15-8-6-14(23)7-9-15/h2-9,16H,10-11H2,1H3,(H,24,29)(H2,25,26,27,28,30)/t16-/m0/s1. The molecule has 1 aliphatic rings. The number of hydrogen-bond donors (Lipinski definition) is 3. The van der Waals surface area contributed by atoms with Crippen molar-refractivity contribution in [2.75, 3.05) is 10.6 Å². The van der Waals surface area contributed by atoms with Crippen LogP contribution in [0.25, 0.3) is 0 Å². The average Bonchev–Trinajstić information content (AvgIpc) is 2.74. The maximum atomic E-state index is 13.1. The number of benzene rings is 2. The Labute approximate surface area is 181 Å². The molecular formula is C22H19FN4O3S. The van der Waals surface area contributed by atoms with Crippen LogP contribution in [0, 0.1) is 12.7 Å². The van der Waals surface area contributed by atoms with Gasteiger partial charge in [-0.15, -0.1) is 0 Å². The van der Waals surface area contributed by atoms with Gasteiger partial charge < -0.3 is 15.6 Å². The Balaban J connectivity index is 1.58. The lowest BCUT2D eigenvalue weighted by Gasteiger charge is -2.23. The predicted molar refractivity (Wildman–Crippen MR) is 117 cm³/mol.